The van der Waals surface area contributed by atoms with Crippen molar-refractivity contribution in [2.24, 2.45) is 0 Å². The molecule has 3 nitrogen and oxygen atoms in total. The van der Waals surface area contributed by atoms with Gasteiger partial charge in [0.2, 0.25) is 5.43 Å². The Bertz CT molecular complexity index is 565. The van der Waals surface area contributed by atoms with Crippen LogP contribution < -0.4 is 5.43 Å². The van der Waals surface area contributed by atoms with Crippen molar-refractivity contribution in [3.63, 3.8) is 0 Å². The molecule has 1 heterocycles. The highest BCUT2D eigenvalue weighted by atomic mass is 35.5. The van der Waals surface area contributed by atoms with E-state index >= 15 is 0 Å². The van der Waals surface area contributed by atoms with Gasteiger partial charge in [0.15, 0.2) is 0 Å². The SMILES string of the molecule is CC(O)c1nsc2ccc(Cl)cc2c1=O. The molecule has 0 radical (unpaired) electrons. The lowest BCUT2D eigenvalue weighted by atomic mass is 10.2. The molecule has 0 aliphatic carbocycles. The quantitative estimate of drug-likeness (QED) is 0.834. The fraction of sp³-hybridized carbons (Fsp3) is 0.200. The Morgan fingerprint density at radius 2 is 2.27 bits per heavy atom. The number of hydrogen-bond acceptors (Lipinski definition) is 4. The average molecular weight is 242 g/mol. The van der Waals surface area contributed by atoms with Gasteiger partial charge in [-0.2, -0.15) is 4.37 Å². The summed E-state index contributed by atoms with van der Waals surface area (Å²) in [5, 5.41) is 10.4. The fourth-order valence-electron chi connectivity index (χ4n) is 1.30. The summed E-state index contributed by atoms with van der Waals surface area (Å²) in [6.07, 6.45) is -0.850. The number of halogens is 1. The van der Waals surface area contributed by atoms with Crippen LogP contribution in [0.2, 0.25) is 5.02 Å². The first-order chi connectivity index (χ1) is 7.09. The van der Waals surface area contributed by atoms with Crippen LogP contribution in [0, 0.1) is 0 Å². The van der Waals surface area contributed by atoms with Gasteiger partial charge in [-0.3, -0.25) is 4.79 Å². The highest BCUT2D eigenvalue weighted by Gasteiger charge is 2.11. The van der Waals surface area contributed by atoms with E-state index in [1.165, 1.54) is 18.5 Å². The van der Waals surface area contributed by atoms with E-state index in [1.807, 2.05) is 0 Å². The molecule has 15 heavy (non-hydrogen) atoms. The maximum atomic E-state index is 11.8. The van der Waals surface area contributed by atoms with Crippen LogP contribution in [-0.4, -0.2) is 9.48 Å². The van der Waals surface area contributed by atoms with Crippen LogP contribution in [0.1, 0.15) is 18.7 Å². The van der Waals surface area contributed by atoms with E-state index in [1.54, 1.807) is 18.2 Å². The molecule has 1 unspecified atom stereocenters. The standard InChI is InChI=1S/C10H8ClNO2S/c1-5(13)9-10(14)7-4-6(11)2-3-8(7)15-12-9/h2-5,13H,1H3. The number of aliphatic hydroxyl groups excluding tert-OH is 1. The lowest BCUT2D eigenvalue weighted by molar-refractivity contribution is 0.194. The molecule has 0 saturated heterocycles. The first-order valence-electron chi connectivity index (χ1n) is 4.37. The predicted octanol–water partition coefficient (Wildman–Crippen LogP) is 2.36. The summed E-state index contributed by atoms with van der Waals surface area (Å²) in [4.78, 5) is 11.8. The minimum atomic E-state index is -0.850. The predicted molar refractivity (Wildman–Crippen MR) is 61.5 cm³/mol. The van der Waals surface area contributed by atoms with E-state index in [-0.39, 0.29) is 11.1 Å². The lowest BCUT2D eigenvalue weighted by Crippen LogP contribution is -2.13. The molecular formula is C10H8ClNO2S. The molecule has 0 fully saturated rings. The van der Waals surface area contributed by atoms with Crippen molar-refractivity contribution >= 4 is 33.2 Å². The van der Waals surface area contributed by atoms with Crippen molar-refractivity contribution in [3.8, 4) is 0 Å². The van der Waals surface area contributed by atoms with Crippen molar-refractivity contribution in [1.82, 2.24) is 4.37 Å². The van der Waals surface area contributed by atoms with Crippen LogP contribution in [0.3, 0.4) is 0 Å². The van der Waals surface area contributed by atoms with Crippen LogP contribution in [0.25, 0.3) is 10.1 Å². The van der Waals surface area contributed by atoms with Crippen molar-refractivity contribution < 1.29 is 5.11 Å². The van der Waals surface area contributed by atoms with Gasteiger partial charge in [-0.1, -0.05) is 11.6 Å². The monoisotopic (exact) mass is 241 g/mol. The van der Waals surface area contributed by atoms with Crippen LogP contribution in [-0.2, 0) is 0 Å². The topological polar surface area (TPSA) is 50.2 Å². The van der Waals surface area contributed by atoms with Gasteiger partial charge in [-0.15, -0.1) is 0 Å². The molecule has 1 N–H and O–H groups in total. The highest BCUT2D eigenvalue weighted by molar-refractivity contribution is 7.12. The Morgan fingerprint density at radius 1 is 1.53 bits per heavy atom. The molecule has 1 aromatic heterocycles. The molecule has 2 aromatic rings. The van der Waals surface area contributed by atoms with Gasteiger partial charge in [0, 0.05) is 10.4 Å². The summed E-state index contributed by atoms with van der Waals surface area (Å²) >= 11 is 6.99. The number of nitrogens with zero attached hydrogens (tertiary/aromatic N) is 1. The van der Waals surface area contributed by atoms with Crippen LogP contribution in [0.4, 0.5) is 0 Å². The number of aliphatic hydroxyl groups is 1. The molecule has 0 bridgehead atoms. The largest absolute Gasteiger partial charge is 0.387 e. The first-order valence-corrected chi connectivity index (χ1v) is 5.52. The average Bonchev–Trinajstić information content (AvgIpc) is 2.19. The normalized spacial score (nSPS) is 13.0. The summed E-state index contributed by atoms with van der Waals surface area (Å²) in [6, 6.07) is 5.06. The molecule has 0 saturated carbocycles. The maximum absolute atomic E-state index is 11.8. The summed E-state index contributed by atoms with van der Waals surface area (Å²) in [6.45, 7) is 1.52. The van der Waals surface area contributed by atoms with Gasteiger partial charge in [0.05, 0.1) is 10.8 Å². The molecule has 0 spiro atoms. The van der Waals surface area contributed by atoms with Gasteiger partial charge in [-0.05, 0) is 36.7 Å². The van der Waals surface area contributed by atoms with E-state index in [0.717, 1.165) is 4.70 Å². The zero-order valence-corrected chi connectivity index (χ0v) is 9.47. The van der Waals surface area contributed by atoms with Gasteiger partial charge in [0.1, 0.15) is 5.69 Å². The zero-order chi connectivity index (χ0) is 11.0. The number of benzene rings is 1. The molecule has 0 amide bonds. The maximum Gasteiger partial charge on any atom is 0.212 e. The van der Waals surface area contributed by atoms with Crippen molar-refractivity contribution in [1.29, 1.82) is 0 Å². The molecule has 1 atom stereocenters. The minimum absolute atomic E-state index is 0.176. The third-order valence-electron chi connectivity index (χ3n) is 2.06. The molecule has 2 rings (SSSR count). The van der Waals surface area contributed by atoms with E-state index < -0.39 is 6.10 Å². The molecule has 78 valence electrons. The minimum Gasteiger partial charge on any atom is -0.387 e. The lowest BCUT2D eigenvalue weighted by Gasteiger charge is -2.03. The number of fused-ring (bicyclic) bond motifs is 1. The Labute approximate surface area is 95.1 Å². The zero-order valence-electron chi connectivity index (χ0n) is 7.90. The molecule has 5 heteroatoms. The third kappa shape index (κ3) is 1.88. The fourth-order valence-corrected chi connectivity index (χ4v) is 2.29. The smallest absolute Gasteiger partial charge is 0.212 e. The van der Waals surface area contributed by atoms with Gasteiger partial charge in [0.25, 0.3) is 0 Å². The molecule has 0 aliphatic rings. The second-order valence-electron chi connectivity index (χ2n) is 3.21. The van der Waals surface area contributed by atoms with Crippen molar-refractivity contribution in [2.75, 3.05) is 0 Å². The van der Waals surface area contributed by atoms with Gasteiger partial charge in [-0.25, -0.2) is 0 Å². The van der Waals surface area contributed by atoms with Crippen LogP contribution in [0.15, 0.2) is 23.0 Å². The van der Waals surface area contributed by atoms with Crippen LogP contribution in [0.5, 0.6) is 0 Å². The van der Waals surface area contributed by atoms with Crippen LogP contribution >= 0.6 is 23.1 Å². The molecule has 1 aromatic carbocycles. The van der Waals surface area contributed by atoms with E-state index in [2.05, 4.69) is 4.37 Å². The van der Waals surface area contributed by atoms with Gasteiger partial charge >= 0.3 is 0 Å². The van der Waals surface area contributed by atoms with Gasteiger partial charge < -0.3 is 5.11 Å². The Balaban J connectivity index is 2.83. The molecular weight excluding hydrogens is 234 g/mol. The van der Waals surface area contributed by atoms with Crippen molar-refractivity contribution in [2.45, 2.75) is 13.0 Å². The number of hydrogen-bond donors (Lipinski definition) is 1. The summed E-state index contributed by atoms with van der Waals surface area (Å²) in [7, 11) is 0. The highest BCUT2D eigenvalue weighted by Crippen LogP contribution is 2.20. The second-order valence-corrected chi connectivity index (χ2v) is 4.45. The number of rotatable bonds is 1. The van der Waals surface area contributed by atoms with Crippen molar-refractivity contribution in [3.05, 3.63) is 39.1 Å². The molecule has 0 aliphatic heterocycles. The first kappa shape index (κ1) is 10.5. The summed E-state index contributed by atoms with van der Waals surface area (Å²) in [5.41, 5.74) is -0.0731. The Kier molecular flexibility index (Phi) is 2.73. The number of aromatic nitrogens is 1. The second kappa shape index (κ2) is 3.89. The Morgan fingerprint density at radius 3 is 2.93 bits per heavy atom. The van der Waals surface area contributed by atoms with E-state index in [0.29, 0.717) is 10.4 Å². The summed E-state index contributed by atoms with van der Waals surface area (Å²) in [5.74, 6) is 0. The third-order valence-corrected chi connectivity index (χ3v) is 3.13. The van der Waals surface area contributed by atoms with E-state index in [9.17, 15) is 9.90 Å². The summed E-state index contributed by atoms with van der Waals surface area (Å²) < 4.78 is 4.74. The van der Waals surface area contributed by atoms with E-state index in [4.69, 9.17) is 11.6 Å². The Hall–Kier alpha value is -0.970.